The Bertz CT molecular complexity index is 110. The van der Waals surface area contributed by atoms with Crippen LogP contribution in [0.2, 0.25) is 0 Å². The normalized spacial score (nSPS) is 10.0. The first-order valence-electron chi connectivity index (χ1n) is 2.82. The maximum absolute atomic E-state index is 11.4. The predicted octanol–water partition coefficient (Wildman–Crippen LogP) is 0.688. The molecule has 0 rings (SSSR count). The fourth-order valence-electron chi connectivity index (χ4n) is 0.381. The fourth-order valence-corrected chi connectivity index (χ4v) is 0.584. The molecule has 0 unspecified atom stereocenters. The highest BCUT2D eigenvalue weighted by atomic mass is 32.1. The summed E-state index contributed by atoms with van der Waals surface area (Å²) in [6.07, 6.45) is -2.28. The van der Waals surface area contributed by atoms with Crippen LogP contribution in [0.5, 0.6) is 0 Å². The third-order valence-corrected chi connectivity index (χ3v) is 1.02. The van der Waals surface area contributed by atoms with E-state index in [1.165, 1.54) is 0 Å². The van der Waals surface area contributed by atoms with Crippen LogP contribution in [0.4, 0.5) is 8.78 Å². The van der Waals surface area contributed by atoms with E-state index in [4.69, 9.17) is 0 Å². The Kier molecular flexibility index (Phi) is 5.29. The molecule has 0 aliphatic carbocycles. The third-order valence-electron chi connectivity index (χ3n) is 0.792. The summed E-state index contributed by atoms with van der Waals surface area (Å²) in [6.45, 7) is -0.563. The zero-order valence-electron chi connectivity index (χ0n) is 5.31. The molecule has 0 radical (unpaired) electrons. The molecule has 0 aromatic rings. The summed E-state index contributed by atoms with van der Waals surface area (Å²) < 4.78 is 22.8. The molecule has 5 heteroatoms. The molecular formula is C5H9F2NOS. The molecule has 0 heterocycles. The number of rotatable bonds is 4. The molecule has 0 atom stereocenters. The van der Waals surface area contributed by atoms with Gasteiger partial charge >= 0.3 is 0 Å². The molecular weight excluding hydrogens is 160 g/mol. The van der Waals surface area contributed by atoms with Crippen LogP contribution >= 0.6 is 12.6 Å². The molecule has 0 fully saturated rings. The van der Waals surface area contributed by atoms with Crippen LogP contribution in [-0.4, -0.2) is 24.6 Å². The molecule has 0 saturated heterocycles. The van der Waals surface area contributed by atoms with Gasteiger partial charge in [0.25, 0.3) is 6.43 Å². The number of thiol groups is 1. The first-order valence-corrected chi connectivity index (χ1v) is 3.45. The van der Waals surface area contributed by atoms with E-state index < -0.39 is 13.0 Å². The van der Waals surface area contributed by atoms with E-state index in [0.717, 1.165) is 0 Å². The lowest BCUT2D eigenvalue weighted by molar-refractivity contribution is -0.121. The summed E-state index contributed by atoms with van der Waals surface area (Å²) in [7, 11) is 0. The quantitative estimate of drug-likeness (QED) is 0.595. The van der Waals surface area contributed by atoms with Crippen molar-refractivity contribution in [3.63, 3.8) is 0 Å². The average Bonchev–Trinajstić information content (AvgIpc) is 1.85. The second-order valence-electron chi connectivity index (χ2n) is 1.67. The van der Waals surface area contributed by atoms with Crippen molar-refractivity contribution in [2.24, 2.45) is 0 Å². The molecule has 0 aliphatic heterocycles. The van der Waals surface area contributed by atoms with Crippen molar-refractivity contribution >= 4 is 18.5 Å². The van der Waals surface area contributed by atoms with Gasteiger partial charge in [-0.3, -0.25) is 4.79 Å². The van der Waals surface area contributed by atoms with Gasteiger partial charge in [0.05, 0.1) is 6.54 Å². The highest BCUT2D eigenvalue weighted by Gasteiger charge is 2.04. The van der Waals surface area contributed by atoms with E-state index in [2.05, 4.69) is 12.6 Å². The smallest absolute Gasteiger partial charge is 0.255 e. The van der Waals surface area contributed by atoms with E-state index in [9.17, 15) is 13.6 Å². The minimum Gasteiger partial charge on any atom is -0.350 e. The third kappa shape index (κ3) is 5.81. The summed E-state index contributed by atoms with van der Waals surface area (Å²) in [5, 5.41) is 2.05. The van der Waals surface area contributed by atoms with Gasteiger partial charge in [0.15, 0.2) is 0 Å². The van der Waals surface area contributed by atoms with Crippen molar-refractivity contribution in [3.8, 4) is 0 Å². The van der Waals surface area contributed by atoms with Crippen LogP contribution in [0.25, 0.3) is 0 Å². The summed E-state index contributed by atoms with van der Waals surface area (Å²) in [5.74, 6) is 0.00465. The largest absolute Gasteiger partial charge is 0.350 e. The van der Waals surface area contributed by atoms with Gasteiger partial charge in [0.2, 0.25) is 5.91 Å². The zero-order chi connectivity index (χ0) is 7.98. The van der Waals surface area contributed by atoms with Crippen LogP contribution < -0.4 is 5.32 Å². The molecule has 2 nitrogen and oxygen atoms in total. The van der Waals surface area contributed by atoms with Crippen LogP contribution in [0.15, 0.2) is 0 Å². The van der Waals surface area contributed by atoms with Gasteiger partial charge in [0.1, 0.15) is 0 Å². The highest BCUT2D eigenvalue weighted by molar-refractivity contribution is 7.80. The lowest BCUT2D eigenvalue weighted by atomic mass is 10.4. The molecule has 0 aliphatic rings. The number of alkyl halides is 2. The maximum Gasteiger partial charge on any atom is 0.255 e. The van der Waals surface area contributed by atoms with Crippen molar-refractivity contribution < 1.29 is 13.6 Å². The van der Waals surface area contributed by atoms with Crippen LogP contribution in [0.1, 0.15) is 6.42 Å². The lowest BCUT2D eigenvalue weighted by Crippen LogP contribution is -2.28. The highest BCUT2D eigenvalue weighted by Crippen LogP contribution is 1.89. The molecule has 0 bridgehead atoms. The second-order valence-corrected chi connectivity index (χ2v) is 2.12. The fraction of sp³-hybridized carbons (Fsp3) is 0.800. The Labute approximate surface area is 63.4 Å². The lowest BCUT2D eigenvalue weighted by Gasteiger charge is -2.01. The number of carbonyl (C=O) groups excluding carboxylic acids is 1. The SMILES string of the molecule is O=C(CCS)NCC(F)F. The zero-order valence-corrected chi connectivity index (χ0v) is 6.20. The van der Waals surface area contributed by atoms with E-state index in [1.807, 2.05) is 5.32 Å². The summed E-state index contributed by atoms with van der Waals surface area (Å²) in [6, 6.07) is 0. The summed E-state index contributed by atoms with van der Waals surface area (Å²) in [5.41, 5.74) is 0. The minimum absolute atomic E-state index is 0.190. The topological polar surface area (TPSA) is 29.1 Å². The Balaban J connectivity index is 3.22. The molecule has 0 aromatic heterocycles. The number of nitrogens with one attached hydrogen (secondary N) is 1. The number of amides is 1. The van der Waals surface area contributed by atoms with E-state index in [0.29, 0.717) is 5.75 Å². The number of halogens is 2. The maximum atomic E-state index is 11.4. The van der Waals surface area contributed by atoms with Gasteiger partial charge in [-0.1, -0.05) is 0 Å². The summed E-state index contributed by atoms with van der Waals surface area (Å²) in [4.78, 5) is 10.5. The van der Waals surface area contributed by atoms with E-state index in [-0.39, 0.29) is 12.3 Å². The second kappa shape index (κ2) is 5.46. The van der Waals surface area contributed by atoms with Crippen molar-refractivity contribution in [1.29, 1.82) is 0 Å². The van der Waals surface area contributed by atoms with Crippen molar-refractivity contribution in [1.82, 2.24) is 5.32 Å². The first kappa shape index (κ1) is 9.68. The van der Waals surface area contributed by atoms with Gasteiger partial charge in [-0.2, -0.15) is 12.6 Å². The van der Waals surface area contributed by atoms with Gasteiger partial charge < -0.3 is 5.32 Å². The monoisotopic (exact) mass is 169 g/mol. The molecule has 0 spiro atoms. The van der Waals surface area contributed by atoms with Gasteiger partial charge in [-0.25, -0.2) is 8.78 Å². The average molecular weight is 169 g/mol. The Morgan fingerprint density at radius 2 is 2.20 bits per heavy atom. The molecule has 60 valence electrons. The van der Waals surface area contributed by atoms with Crippen LogP contribution in [-0.2, 0) is 4.79 Å². The summed E-state index contributed by atoms with van der Waals surface area (Å²) >= 11 is 3.76. The van der Waals surface area contributed by atoms with E-state index >= 15 is 0 Å². The molecule has 1 N–H and O–H groups in total. The Hall–Kier alpha value is -0.320. The van der Waals surface area contributed by atoms with Gasteiger partial charge in [-0.05, 0) is 5.75 Å². The minimum atomic E-state index is -2.47. The molecule has 1 amide bonds. The van der Waals surface area contributed by atoms with Crippen LogP contribution in [0.3, 0.4) is 0 Å². The molecule has 0 aromatic carbocycles. The molecule has 0 saturated carbocycles. The van der Waals surface area contributed by atoms with Crippen molar-refractivity contribution in [2.75, 3.05) is 12.3 Å². The van der Waals surface area contributed by atoms with Crippen molar-refractivity contribution in [3.05, 3.63) is 0 Å². The Morgan fingerprint density at radius 1 is 1.60 bits per heavy atom. The van der Waals surface area contributed by atoms with Crippen LogP contribution in [0, 0.1) is 0 Å². The van der Waals surface area contributed by atoms with Gasteiger partial charge in [-0.15, -0.1) is 0 Å². The molecule has 10 heavy (non-hydrogen) atoms. The number of hydrogen-bond acceptors (Lipinski definition) is 2. The number of hydrogen-bond donors (Lipinski definition) is 2. The first-order chi connectivity index (χ1) is 4.66. The van der Waals surface area contributed by atoms with Crippen molar-refractivity contribution in [2.45, 2.75) is 12.8 Å². The Morgan fingerprint density at radius 3 is 2.60 bits per heavy atom. The standard InChI is InChI=1S/C5H9F2NOS/c6-4(7)3-8-5(9)1-2-10/h4,10H,1-3H2,(H,8,9). The number of carbonyl (C=O) groups is 1. The predicted molar refractivity (Wildman–Crippen MR) is 37.5 cm³/mol. The van der Waals surface area contributed by atoms with Gasteiger partial charge in [0, 0.05) is 6.42 Å². The van der Waals surface area contributed by atoms with E-state index in [1.54, 1.807) is 0 Å².